The van der Waals surface area contributed by atoms with Crippen molar-refractivity contribution in [3.63, 3.8) is 0 Å². The van der Waals surface area contributed by atoms with E-state index < -0.39 is 53.7 Å². The number of aliphatic hydroxyl groups is 1. The van der Waals surface area contributed by atoms with Crippen LogP contribution in [0.15, 0.2) is 30.3 Å². The average molecular weight is 505 g/mol. The summed E-state index contributed by atoms with van der Waals surface area (Å²) in [7, 11) is 0. The molecule has 0 saturated heterocycles. The molecule has 4 atom stereocenters. The van der Waals surface area contributed by atoms with E-state index in [4.69, 9.17) is 10.1 Å². The van der Waals surface area contributed by atoms with E-state index in [1.165, 1.54) is 6.92 Å². The van der Waals surface area contributed by atoms with Crippen molar-refractivity contribution in [1.29, 1.82) is 5.41 Å². The second-order valence-corrected chi connectivity index (χ2v) is 8.69. The molecule has 3 amide bonds. The van der Waals surface area contributed by atoms with E-state index in [2.05, 4.69) is 16.0 Å². The smallest absolute Gasteiger partial charge is 0.337 e. The fraction of sp³-hybridized carbons (Fsp3) is 0.520. The molecule has 0 radical (unpaired) electrons. The van der Waals surface area contributed by atoms with Gasteiger partial charge in [-0.2, -0.15) is 0 Å². The molecule has 0 fully saturated rings. The van der Waals surface area contributed by atoms with E-state index >= 15 is 0 Å². The fourth-order valence-electron chi connectivity index (χ4n) is 3.47. The van der Waals surface area contributed by atoms with Gasteiger partial charge >= 0.3 is 5.97 Å². The second kappa shape index (κ2) is 15.4. The lowest BCUT2D eigenvalue weighted by molar-refractivity contribution is -0.155. The van der Waals surface area contributed by atoms with Crippen LogP contribution in [0.25, 0.3) is 0 Å². The number of ketones is 1. The summed E-state index contributed by atoms with van der Waals surface area (Å²) < 4.78 is 4.89. The van der Waals surface area contributed by atoms with Gasteiger partial charge in [0.1, 0.15) is 12.1 Å². The molecule has 198 valence electrons. The molecule has 0 spiro atoms. The number of hydrogen-bond acceptors (Lipinski definition) is 8. The Morgan fingerprint density at radius 3 is 2.14 bits per heavy atom. The summed E-state index contributed by atoms with van der Waals surface area (Å²) >= 11 is 0. The second-order valence-electron chi connectivity index (χ2n) is 8.69. The van der Waals surface area contributed by atoms with Crippen LogP contribution in [0, 0.1) is 11.3 Å². The number of hydrogen-bond donors (Lipinski definition) is 5. The predicted octanol–water partition coefficient (Wildman–Crippen LogP) is 0.802. The molecule has 11 nitrogen and oxygen atoms in total. The van der Waals surface area contributed by atoms with E-state index in [-0.39, 0.29) is 25.4 Å². The molecule has 5 N–H and O–H groups in total. The summed E-state index contributed by atoms with van der Waals surface area (Å²) in [5, 5.41) is 25.4. The maximum absolute atomic E-state index is 13.3. The van der Waals surface area contributed by atoms with Gasteiger partial charge < -0.3 is 31.2 Å². The van der Waals surface area contributed by atoms with E-state index in [1.54, 1.807) is 37.3 Å². The van der Waals surface area contributed by atoms with Crippen LogP contribution in [0.2, 0.25) is 0 Å². The van der Waals surface area contributed by atoms with Crippen molar-refractivity contribution < 1.29 is 33.8 Å². The number of amides is 3. The zero-order valence-corrected chi connectivity index (χ0v) is 21.1. The monoisotopic (exact) mass is 504 g/mol. The van der Waals surface area contributed by atoms with Crippen molar-refractivity contribution in [3.05, 3.63) is 35.9 Å². The number of Topliss-reactive ketones (excluding diaryl/α,β-unsaturated/α-hetero) is 1. The van der Waals surface area contributed by atoms with Crippen molar-refractivity contribution >= 4 is 35.7 Å². The number of carbonyl (C=O) groups excluding carboxylic acids is 5. The van der Waals surface area contributed by atoms with Crippen LogP contribution in [0.5, 0.6) is 0 Å². The largest absolute Gasteiger partial charge is 0.464 e. The highest BCUT2D eigenvalue weighted by atomic mass is 16.5. The van der Waals surface area contributed by atoms with Crippen LogP contribution < -0.4 is 16.0 Å². The van der Waals surface area contributed by atoms with Gasteiger partial charge in [0.25, 0.3) is 0 Å². The lowest BCUT2D eigenvalue weighted by Crippen LogP contribution is -2.55. The molecule has 11 heteroatoms. The molecule has 2 unspecified atom stereocenters. The lowest BCUT2D eigenvalue weighted by atomic mass is 9.99. The Labute approximate surface area is 210 Å². The first-order chi connectivity index (χ1) is 17.0. The molecular weight excluding hydrogens is 468 g/mol. The van der Waals surface area contributed by atoms with Crippen molar-refractivity contribution in [2.75, 3.05) is 6.61 Å². The van der Waals surface area contributed by atoms with Crippen molar-refractivity contribution in [2.45, 2.75) is 71.2 Å². The van der Waals surface area contributed by atoms with Crippen LogP contribution in [-0.2, 0) is 28.7 Å². The summed E-state index contributed by atoms with van der Waals surface area (Å²) in [6, 6.07) is 4.91. The molecule has 0 saturated carbocycles. The Bertz CT molecular complexity index is 920. The SMILES string of the molecule is CCOC(=O)C(O)C(NC(=O)[C@H](CCC(=O)C=N)NC(=O)[C@H](CC(C)C)NC(C)=O)c1ccccc1. The van der Waals surface area contributed by atoms with Crippen molar-refractivity contribution in [2.24, 2.45) is 5.92 Å². The van der Waals surface area contributed by atoms with Crippen molar-refractivity contribution in [3.8, 4) is 0 Å². The Balaban J connectivity index is 3.21. The van der Waals surface area contributed by atoms with Crippen LogP contribution in [0.4, 0.5) is 0 Å². The highest BCUT2D eigenvalue weighted by Crippen LogP contribution is 2.19. The van der Waals surface area contributed by atoms with Gasteiger partial charge in [-0.05, 0) is 31.2 Å². The minimum Gasteiger partial charge on any atom is -0.464 e. The van der Waals surface area contributed by atoms with Gasteiger partial charge in [-0.25, -0.2) is 4.79 Å². The first-order valence-corrected chi connectivity index (χ1v) is 11.8. The highest BCUT2D eigenvalue weighted by molar-refractivity contribution is 6.26. The summed E-state index contributed by atoms with van der Waals surface area (Å²) in [5.41, 5.74) is 0.419. The van der Waals surface area contributed by atoms with Crippen molar-refractivity contribution in [1.82, 2.24) is 16.0 Å². The number of nitrogens with one attached hydrogen (secondary N) is 4. The number of ether oxygens (including phenoxy) is 1. The molecule has 0 bridgehead atoms. The summed E-state index contributed by atoms with van der Waals surface area (Å²) in [6.07, 6.45) is -1.14. The van der Waals surface area contributed by atoms with Gasteiger partial charge in [0.2, 0.25) is 17.7 Å². The Morgan fingerprint density at radius 2 is 1.61 bits per heavy atom. The lowest BCUT2D eigenvalue weighted by Gasteiger charge is -2.27. The van der Waals surface area contributed by atoms with Crippen LogP contribution in [-0.4, -0.2) is 65.6 Å². The first kappa shape index (κ1) is 30.4. The minimum atomic E-state index is -1.73. The van der Waals surface area contributed by atoms with Gasteiger partial charge in [-0.3, -0.25) is 19.2 Å². The van der Waals surface area contributed by atoms with Crippen LogP contribution in [0.1, 0.15) is 58.6 Å². The normalized spacial score (nSPS) is 14.1. The average Bonchev–Trinajstić information content (AvgIpc) is 2.83. The molecular formula is C25H36N4O7. The minimum absolute atomic E-state index is 0.0240. The number of rotatable bonds is 15. The number of esters is 1. The molecule has 36 heavy (non-hydrogen) atoms. The molecule has 0 heterocycles. The molecule has 1 rings (SSSR count). The van der Waals surface area contributed by atoms with E-state index in [1.807, 2.05) is 13.8 Å². The topological polar surface area (TPSA) is 175 Å². The predicted molar refractivity (Wildman–Crippen MR) is 132 cm³/mol. The third-order valence-corrected chi connectivity index (χ3v) is 5.17. The van der Waals surface area contributed by atoms with E-state index in [0.29, 0.717) is 18.2 Å². The molecule has 1 aromatic carbocycles. The molecule has 0 aliphatic rings. The molecule has 1 aromatic rings. The standard InChI is InChI=1S/C25H36N4O7/c1-5-36-25(35)22(32)21(17-9-7-6-8-10-17)29-23(33)19(12-11-18(31)14-26)28-24(34)20(13-15(2)3)27-16(4)30/h6-10,14-15,19-22,26,32H,5,11-13H2,1-4H3,(H,27,30)(H,28,34)(H,29,33)/t19-,20-,21?,22?/m0/s1. The molecule has 0 aromatic heterocycles. The van der Waals surface area contributed by atoms with Gasteiger partial charge in [0, 0.05) is 13.3 Å². The van der Waals surface area contributed by atoms with Gasteiger partial charge in [0.05, 0.1) is 18.9 Å². The summed E-state index contributed by atoms with van der Waals surface area (Å²) in [4.78, 5) is 61.8. The Morgan fingerprint density at radius 1 is 1.00 bits per heavy atom. The fourth-order valence-corrected chi connectivity index (χ4v) is 3.47. The zero-order chi connectivity index (χ0) is 27.3. The molecule has 0 aliphatic heterocycles. The third kappa shape index (κ3) is 10.3. The molecule has 0 aliphatic carbocycles. The maximum atomic E-state index is 13.3. The maximum Gasteiger partial charge on any atom is 0.337 e. The summed E-state index contributed by atoms with van der Waals surface area (Å²) in [5.74, 6) is -3.23. The van der Waals surface area contributed by atoms with E-state index in [9.17, 15) is 29.1 Å². The van der Waals surface area contributed by atoms with Gasteiger partial charge in [-0.1, -0.05) is 44.2 Å². The Hall–Kier alpha value is -3.60. The summed E-state index contributed by atoms with van der Waals surface area (Å²) in [6.45, 7) is 6.62. The number of carbonyl (C=O) groups is 5. The van der Waals surface area contributed by atoms with Crippen LogP contribution >= 0.6 is 0 Å². The first-order valence-electron chi connectivity index (χ1n) is 11.8. The Kier molecular flexibility index (Phi) is 13.0. The highest BCUT2D eigenvalue weighted by Gasteiger charge is 2.33. The third-order valence-electron chi connectivity index (χ3n) is 5.17. The van der Waals surface area contributed by atoms with Gasteiger partial charge in [-0.15, -0.1) is 0 Å². The van der Waals surface area contributed by atoms with Gasteiger partial charge in [0.15, 0.2) is 11.9 Å². The zero-order valence-electron chi connectivity index (χ0n) is 21.1. The quantitative estimate of drug-likeness (QED) is 0.173. The van der Waals surface area contributed by atoms with Crippen LogP contribution in [0.3, 0.4) is 0 Å². The number of benzene rings is 1. The van der Waals surface area contributed by atoms with E-state index in [0.717, 1.165) is 0 Å². The number of aliphatic hydroxyl groups excluding tert-OH is 1.